The molecule has 1 amide bonds. The Labute approximate surface area is 168 Å². The van der Waals surface area contributed by atoms with Crippen molar-refractivity contribution in [3.8, 4) is 11.5 Å². The summed E-state index contributed by atoms with van der Waals surface area (Å²) in [7, 11) is 0. The Morgan fingerprint density at radius 2 is 2.11 bits per heavy atom. The summed E-state index contributed by atoms with van der Waals surface area (Å²) in [4.78, 5) is 15.9. The van der Waals surface area contributed by atoms with Crippen LogP contribution >= 0.6 is 11.8 Å². The molecule has 0 bridgehead atoms. The van der Waals surface area contributed by atoms with E-state index in [-0.39, 0.29) is 17.2 Å². The first kappa shape index (κ1) is 19.1. The molecule has 2 N–H and O–H groups in total. The lowest BCUT2D eigenvalue weighted by Crippen LogP contribution is -2.46. The zero-order valence-electron chi connectivity index (χ0n) is 16.4. The van der Waals surface area contributed by atoms with E-state index in [1.807, 2.05) is 37.4 Å². The van der Waals surface area contributed by atoms with E-state index in [9.17, 15) is 4.79 Å². The van der Waals surface area contributed by atoms with Crippen molar-refractivity contribution in [3.63, 3.8) is 0 Å². The number of hydrogen-bond acceptors (Lipinski definition) is 5. The molecule has 6 nitrogen and oxygen atoms in total. The number of nitrogens with zero attached hydrogens (tertiary/aromatic N) is 2. The maximum atomic E-state index is 12.7. The molecule has 2 heterocycles. The number of aromatic amines is 1. The Hall–Kier alpha value is -2.28. The van der Waals surface area contributed by atoms with Crippen LogP contribution in [0.5, 0.6) is 0 Å². The Kier molecular flexibility index (Phi) is 5.44. The fourth-order valence-corrected chi connectivity index (χ4v) is 4.60. The summed E-state index contributed by atoms with van der Waals surface area (Å²) in [5.74, 6) is 1.65. The second-order valence-corrected chi connectivity index (χ2v) is 9.06. The third-order valence-corrected chi connectivity index (χ3v) is 6.84. The monoisotopic (exact) mass is 398 g/mol. The quantitative estimate of drug-likeness (QED) is 0.612. The largest absolute Gasteiger partial charge is 0.411 e. The van der Waals surface area contributed by atoms with Crippen LogP contribution in [0.15, 0.2) is 40.1 Å². The number of nitrogens with one attached hydrogen (secondary N) is 2. The summed E-state index contributed by atoms with van der Waals surface area (Å²) in [5.41, 5.74) is 1.89. The molecule has 4 rings (SSSR count). The van der Waals surface area contributed by atoms with Crippen molar-refractivity contribution in [3.05, 3.63) is 30.5 Å². The van der Waals surface area contributed by atoms with Gasteiger partial charge in [0.25, 0.3) is 11.1 Å². The molecule has 0 spiro atoms. The molecule has 0 saturated heterocycles. The molecule has 1 saturated carbocycles. The standard InChI is InChI=1S/C21H26N4O2S/c1-12-7-6-10-17(13(12)2)23-19(26)14(3)28-21-25-24-20(27-21)16-11-22-18-9-5-4-8-15(16)18/h4-5,8-9,11-14,17,22H,6-7,10H2,1-3H3,(H,23,26)/t12-,13-,14-,17-/m1/s1. The maximum Gasteiger partial charge on any atom is 0.277 e. The highest BCUT2D eigenvalue weighted by Gasteiger charge is 2.30. The van der Waals surface area contributed by atoms with Crippen LogP contribution in [0.25, 0.3) is 22.4 Å². The van der Waals surface area contributed by atoms with Gasteiger partial charge in [0.2, 0.25) is 5.91 Å². The Morgan fingerprint density at radius 3 is 2.96 bits per heavy atom. The van der Waals surface area contributed by atoms with Gasteiger partial charge in [-0.15, -0.1) is 10.2 Å². The van der Waals surface area contributed by atoms with Crippen molar-refractivity contribution in [2.45, 2.75) is 56.5 Å². The number of amides is 1. The summed E-state index contributed by atoms with van der Waals surface area (Å²) < 4.78 is 5.83. The van der Waals surface area contributed by atoms with Crippen LogP contribution in [0, 0.1) is 11.8 Å². The van der Waals surface area contributed by atoms with Crippen molar-refractivity contribution in [1.29, 1.82) is 0 Å². The van der Waals surface area contributed by atoms with Crippen LogP contribution < -0.4 is 5.32 Å². The van der Waals surface area contributed by atoms with E-state index in [2.05, 4.69) is 34.3 Å². The smallest absolute Gasteiger partial charge is 0.277 e. The number of fused-ring (bicyclic) bond motifs is 1. The van der Waals surface area contributed by atoms with Gasteiger partial charge in [0.15, 0.2) is 0 Å². The van der Waals surface area contributed by atoms with Gasteiger partial charge in [-0.1, -0.05) is 56.7 Å². The van der Waals surface area contributed by atoms with E-state index >= 15 is 0 Å². The number of carbonyl (C=O) groups is 1. The first-order valence-corrected chi connectivity index (χ1v) is 10.8. The predicted molar refractivity (Wildman–Crippen MR) is 111 cm³/mol. The highest BCUT2D eigenvalue weighted by Crippen LogP contribution is 2.32. The number of para-hydroxylation sites is 1. The zero-order valence-corrected chi connectivity index (χ0v) is 17.3. The fraction of sp³-hybridized carbons (Fsp3) is 0.476. The van der Waals surface area contributed by atoms with Gasteiger partial charge in [-0.25, -0.2) is 0 Å². The Balaban J connectivity index is 1.41. The first-order valence-electron chi connectivity index (χ1n) is 9.90. The van der Waals surface area contributed by atoms with Gasteiger partial charge in [-0.3, -0.25) is 4.79 Å². The lowest BCUT2D eigenvalue weighted by atomic mass is 9.78. The second kappa shape index (κ2) is 7.99. The predicted octanol–water partition coefficient (Wildman–Crippen LogP) is 4.64. The van der Waals surface area contributed by atoms with E-state index in [0.717, 1.165) is 22.9 Å². The number of thioether (sulfide) groups is 1. The van der Waals surface area contributed by atoms with Crippen LogP contribution in [0.3, 0.4) is 0 Å². The molecule has 3 aromatic rings. The first-order chi connectivity index (χ1) is 13.5. The molecule has 0 unspecified atom stereocenters. The van der Waals surface area contributed by atoms with E-state index < -0.39 is 0 Å². The summed E-state index contributed by atoms with van der Waals surface area (Å²) in [6.45, 7) is 6.39. The van der Waals surface area contributed by atoms with Crippen molar-refractivity contribution in [2.24, 2.45) is 11.8 Å². The van der Waals surface area contributed by atoms with Crippen molar-refractivity contribution < 1.29 is 9.21 Å². The number of benzene rings is 1. The van der Waals surface area contributed by atoms with Crippen LogP contribution in [0.2, 0.25) is 0 Å². The fourth-order valence-electron chi connectivity index (χ4n) is 3.91. The van der Waals surface area contributed by atoms with Gasteiger partial charge in [0.1, 0.15) is 0 Å². The number of H-pyrrole nitrogens is 1. The average molecular weight is 399 g/mol. The molecule has 7 heteroatoms. The lowest BCUT2D eigenvalue weighted by Gasteiger charge is -2.35. The lowest BCUT2D eigenvalue weighted by molar-refractivity contribution is -0.121. The Bertz CT molecular complexity index is 966. The van der Waals surface area contributed by atoms with Gasteiger partial charge in [-0.05, 0) is 31.2 Å². The molecule has 0 aliphatic heterocycles. The minimum Gasteiger partial charge on any atom is -0.411 e. The Morgan fingerprint density at radius 1 is 1.29 bits per heavy atom. The molecule has 1 aromatic carbocycles. The molecular formula is C21H26N4O2S. The molecule has 28 heavy (non-hydrogen) atoms. The van der Waals surface area contributed by atoms with Gasteiger partial charge in [0, 0.05) is 23.1 Å². The molecule has 2 aromatic heterocycles. The molecule has 0 radical (unpaired) electrons. The molecule has 1 aliphatic rings. The summed E-state index contributed by atoms with van der Waals surface area (Å²) in [6.07, 6.45) is 5.35. The average Bonchev–Trinajstić information content (AvgIpc) is 3.32. The number of hydrogen-bond donors (Lipinski definition) is 2. The van der Waals surface area contributed by atoms with Crippen LogP contribution in [0.1, 0.15) is 40.0 Å². The SMILES string of the molecule is C[C@@H]1[C@H](C)CCC[C@H]1NC(=O)[C@@H](C)Sc1nnc(-c2c[nH]c3ccccc23)o1. The number of carbonyl (C=O) groups excluding carboxylic acids is 1. The van der Waals surface area contributed by atoms with E-state index in [0.29, 0.717) is 22.9 Å². The normalized spacial score (nSPS) is 23.6. The topological polar surface area (TPSA) is 83.8 Å². The number of rotatable bonds is 5. The van der Waals surface area contributed by atoms with Crippen LogP contribution in [-0.2, 0) is 4.79 Å². The third kappa shape index (κ3) is 3.81. The zero-order chi connectivity index (χ0) is 19.7. The molecular weight excluding hydrogens is 372 g/mol. The van der Waals surface area contributed by atoms with Gasteiger partial charge < -0.3 is 14.7 Å². The third-order valence-electron chi connectivity index (χ3n) is 5.91. The molecule has 4 atom stereocenters. The maximum absolute atomic E-state index is 12.7. The number of aromatic nitrogens is 3. The van der Waals surface area contributed by atoms with Crippen molar-refractivity contribution >= 4 is 28.6 Å². The van der Waals surface area contributed by atoms with Gasteiger partial charge in [0.05, 0.1) is 10.8 Å². The van der Waals surface area contributed by atoms with Crippen LogP contribution in [-0.4, -0.2) is 32.4 Å². The summed E-state index contributed by atoms with van der Waals surface area (Å²) >= 11 is 1.30. The van der Waals surface area contributed by atoms with Crippen molar-refractivity contribution in [2.75, 3.05) is 0 Å². The van der Waals surface area contributed by atoms with Crippen molar-refractivity contribution in [1.82, 2.24) is 20.5 Å². The van der Waals surface area contributed by atoms with E-state index in [4.69, 9.17) is 4.42 Å². The molecule has 148 valence electrons. The van der Waals surface area contributed by atoms with Gasteiger partial charge >= 0.3 is 0 Å². The van der Waals surface area contributed by atoms with Gasteiger partial charge in [-0.2, -0.15) is 0 Å². The second-order valence-electron chi connectivity index (χ2n) is 7.76. The summed E-state index contributed by atoms with van der Waals surface area (Å²) in [5, 5.41) is 12.7. The van der Waals surface area contributed by atoms with Crippen LogP contribution in [0.4, 0.5) is 0 Å². The highest BCUT2D eigenvalue weighted by molar-refractivity contribution is 8.00. The van der Waals surface area contributed by atoms with E-state index in [1.54, 1.807) is 0 Å². The summed E-state index contributed by atoms with van der Waals surface area (Å²) in [6, 6.07) is 8.23. The molecule has 1 fully saturated rings. The highest BCUT2D eigenvalue weighted by atomic mass is 32.2. The van der Waals surface area contributed by atoms with E-state index in [1.165, 1.54) is 24.6 Å². The minimum absolute atomic E-state index is 0.0304. The molecule has 1 aliphatic carbocycles. The minimum atomic E-state index is -0.291.